The quantitative estimate of drug-likeness (QED) is 0.764. The van der Waals surface area contributed by atoms with Crippen LogP contribution < -0.4 is 0 Å². The van der Waals surface area contributed by atoms with Crippen LogP contribution in [0.4, 0.5) is 4.39 Å². The van der Waals surface area contributed by atoms with Gasteiger partial charge in [-0.2, -0.15) is 0 Å². The van der Waals surface area contributed by atoms with Crippen molar-refractivity contribution >= 4 is 17.1 Å². The lowest BCUT2D eigenvalue weighted by Crippen LogP contribution is -1.94. The summed E-state index contributed by atoms with van der Waals surface area (Å²) in [6.07, 6.45) is 0. The van der Waals surface area contributed by atoms with Crippen LogP contribution in [0.5, 0.6) is 0 Å². The van der Waals surface area contributed by atoms with Gasteiger partial charge in [0.1, 0.15) is 11.3 Å². The molecular formula is C14H8FNO3. The van der Waals surface area contributed by atoms with Crippen molar-refractivity contribution in [1.82, 2.24) is 4.98 Å². The first-order chi connectivity index (χ1) is 9.13. The number of rotatable bonds is 2. The Kier molecular flexibility index (Phi) is 2.52. The Hall–Kier alpha value is -2.69. The van der Waals surface area contributed by atoms with Gasteiger partial charge in [-0.1, -0.05) is 0 Å². The van der Waals surface area contributed by atoms with Crippen molar-refractivity contribution in [3.8, 4) is 11.5 Å². The summed E-state index contributed by atoms with van der Waals surface area (Å²) in [4.78, 5) is 15.1. The first-order valence-electron chi connectivity index (χ1n) is 5.53. The van der Waals surface area contributed by atoms with Crippen LogP contribution in [-0.4, -0.2) is 16.1 Å². The Morgan fingerprint density at radius 2 is 1.89 bits per heavy atom. The van der Waals surface area contributed by atoms with Crippen LogP contribution >= 0.6 is 0 Å². The molecule has 5 heteroatoms. The molecule has 0 amide bonds. The third-order valence-corrected chi connectivity index (χ3v) is 2.73. The second kappa shape index (κ2) is 4.20. The second-order valence-corrected chi connectivity index (χ2v) is 4.01. The molecular weight excluding hydrogens is 249 g/mol. The van der Waals surface area contributed by atoms with Gasteiger partial charge in [0.05, 0.1) is 5.56 Å². The summed E-state index contributed by atoms with van der Waals surface area (Å²) in [6, 6.07) is 10.2. The predicted octanol–water partition coefficient (Wildman–Crippen LogP) is 3.33. The van der Waals surface area contributed by atoms with E-state index in [1.54, 1.807) is 18.2 Å². The van der Waals surface area contributed by atoms with Gasteiger partial charge in [-0.3, -0.25) is 0 Å². The fraction of sp³-hybridized carbons (Fsp3) is 0. The van der Waals surface area contributed by atoms with Crippen molar-refractivity contribution < 1.29 is 18.7 Å². The zero-order valence-corrected chi connectivity index (χ0v) is 9.63. The molecule has 0 saturated carbocycles. The van der Waals surface area contributed by atoms with E-state index in [9.17, 15) is 9.18 Å². The lowest BCUT2D eigenvalue weighted by Gasteiger charge is -1.93. The molecule has 0 radical (unpaired) electrons. The summed E-state index contributed by atoms with van der Waals surface area (Å²) in [5.74, 6) is -1.04. The molecule has 1 heterocycles. The number of carbonyl (C=O) groups is 1. The van der Waals surface area contributed by atoms with Gasteiger partial charge in [-0.05, 0) is 42.5 Å². The standard InChI is InChI=1S/C14H8FNO3/c15-10-4-1-8(2-5-10)13-16-11-6-3-9(14(17)18)7-12(11)19-13/h1-7H,(H,17,18). The zero-order valence-electron chi connectivity index (χ0n) is 9.63. The van der Waals surface area contributed by atoms with E-state index in [0.717, 1.165) is 0 Å². The van der Waals surface area contributed by atoms with Crippen LogP contribution in [0.1, 0.15) is 10.4 Å². The van der Waals surface area contributed by atoms with Crippen molar-refractivity contribution in [1.29, 1.82) is 0 Å². The van der Waals surface area contributed by atoms with E-state index in [1.807, 2.05) is 0 Å². The molecule has 3 aromatic rings. The Bertz CT molecular complexity index is 762. The molecule has 0 unspecified atom stereocenters. The molecule has 0 aliphatic rings. The molecule has 2 aromatic carbocycles. The van der Waals surface area contributed by atoms with Crippen LogP contribution in [0.3, 0.4) is 0 Å². The first-order valence-corrected chi connectivity index (χ1v) is 5.53. The lowest BCUT2D eigenvalue weighted by molar-refractivity contribution is 0.0697. The highest BCUT2D eigenvalue weighted by Crippen LogP contribution is 2.25. The molecule has 0 atom stereocenters. The highest BCUT2D eigenvalue weighted by molar-refractivity contribution is 5.92. The number of aromatic nitrogens is 1. The number of fused-ring (bicyclic) bond motifs is 1. The molecule has 0 fully saturated rings. The van der Waals surface area contributed by atoms with Gasteiger partial charge >= 0.3 is 5.97 Å². The molecule has 94 valence electrons. The number of nitrogens with zero attached hydrogens (tertiary/aromatic N) is 1. The Labute approximate surface area is 107 Å². The minimum atomic E-state index is -1.03. The number of oxazole rings is 1. The predicted molar refractivity (Wildman–Crippen MR) is 66.4 cm³/mol. The summed E-state index contributed by atoms with van der Waals surface area (Å²) in [6.45, 7) is 0. The van der Waals surface area contributed by atoms with Crippen LogP contribution in [0.15, 0.2) is 46.9 Å². The maximum absolute atomic E-state index is 12.8. The molecule has 0 saturated heterocycles. The second-order valence-electron chi connectivity index (χ2n) is 4.01. The number of hydrogen-bond donors (Lipinski definition) is 1. The third kappa shape index (κ3) is 2.06. The smallest absolute Gasteiger partial charge is 0.335 e. The maximum Gasteiger partial charge on any atom is 0.335 e. The van der Waals surface area contributed by atoms with Crippen molar-refractivity contribution in [3.05, 3.63) is 53.8 Å². The largest absolute Gasteiger partial charge is 0.478 e. The number of carboxylic acids is 1. The zero-order chi connectivity index (χ0) is 13.4. The van der Waals surface area contributed by atoms with Gasteiger partial charge < -0.3 is 9.52 Å². The third-order valence-electron chi connectivity index (χ3n) is 2.73. The highest BCUT2D eigenvalue weighted by Gasteiger charge is 2.11. The fourth-order valence-electron chi connectivity index (χ4n) is 1.77. The summed E-state index contributed by atoms with van der Waals surface area (Å²) in [5.41, 5.74) is 1.72. The van der Waals surface area contributed by atoms with Crippen LogP contribution in [0, 0.1) is 5.82 Å². The van der Waals surface area contributed by atoms with Gasteiger partial charge in [0.2, 0.25) is 5.89 Å². The molecule has 0 aliphatic carbocycles. The van der Waals surface area contributed by atoms with Crippen LogP contribution in [-0.2, 0) is 0 Å². The molecule has 1 aromatic heterocycles. The molecule has 3 rings (SSSR count). The lowest BCUT2D eigenvalue weighted by atomic mass is 10.2. The summed E-state index contributed by atoms with van der Waals surface area (Å²) in [5, 5.41) is 8.89. The summed E-state index contributed by atoms with van der Waals surface area (Å²) < 4.78 is 18.3. The van der Waals surface area contributed by atoms with Crippen molar-refractivity contribution in [2.24, 2.45) is 0 Å². The number of halogens is 1. The van der Waals surface area contributed by atoms with Gasteiger partial charge in [-0.15, -0.1) is 0 Å². The van der Waals surface area contributed by atoms with E-state index >= 15 is 0 Å². The monoisotopic (exact) mass is 257 g/mol. The van der Waals surface area contributed by atoms with Crippen LogP contribution in [0.25, 0.3) is 22.6 Å². The van der Waals surface area contributed by atoms with Crippen molar-refractivity contribution in [2.45, 2.75) is 0 Å². The Balaban J connectivity index is 2.11. The van der Waals surface area contributed by atoms with Crippen LogP contribution in [0.2, 0.25) is 0 Å². The fourth-order valence-corrected chi connectivity index (χ4v) is 1.77. The normalized spacial score (nSPS) is 10.8. The molecule has 0 bridgehead atoms. The first kappa shape index (κ1) is 11.4. The van der Waals surface area contributed by atoms with E-state index in [0.29, 0.717) is 22.6 Å². The minimum Gasteiger partial charge on any atom is -0.478 e. The molecule has 19 heavy (non-hydrogen) atoms. The molecule has 0 spiro atoms. The number of benzene rings is 2. The highest BCUT2D eigenvalue weighted by atomic mass is 19.1. The topological polar surface area (TPSA) is 63.3 Å². The molecule has 0 aliphatic heterocycles. The number of hydrogen-bond acceptors (Lipinski definition) is 3. The van der Waals surface area contributed by atoms with E-state index < -0.39 is 5.97 Å². The average Bonchev–Trinajstić information content (AvgIpc) is 2.82. The maximum atomic E-state index is 12.8. The van der Waals surface area contributed by atoms with Gasteiger partial charge in [0, 0.05) is 5.56 Å². The number of aromatic carboxylic acids is 1. The molecule has 4 nitrogen and oxygen atoms in total. The van der Waals surface area contributed by atoms with Crippen molar-refractivity contribution in [2.75, 3.05) is 0 Å². The van der Waals surface area contributed by atoms with Gasteiger partial charge in [0.25, 0.3) is 0 Å². The number of carboxylic acid groups (broad SMARTS) is 1. The minimum absolute atomic E-state index is 0.134. The van der Waals surface area contributed by atoms with Gasteiger partial charge in [-0.25, -0.2) is 14.2 Å². The summed E-state index contributed by atoms with van der Waals surface area (Å²) >= 11 is 0. The van der Waals surface area contributed by atoms with E-state index in [4.69, 9.17) is 9.52 Å². The Morgan fingerprint density at radius 1 is 1.16 bits per heavy atom. The van der Waals surface area contributed by atoms with E-state index in [2.05, 4.69) is 4.98 Å². The van der Waals surface area contributed by atoms with Gasteiger partial charge in [0.15, 0.2) is 5.58 Å². The van der Waals surface area contributed by atoms with E-state index in [-0.39, 0.29) is 11.4 Å². The van der Waals surface area contributed by atoms with Crippen molar-refractivity contribution in [3.63, 3.8) is 0 Å². The average molecular weight is 257 g/mol. The molecule has 1 N–H and O–H groups in total. The Morgan fingerprint density at radius 3 is 2.58 bits per heavy atom. The SMILES string of the molecule is O=C(O)c1ccc2nc(-c3ccc(F)cc3)oc2c1. The van der Waals surface area contributed by atoms with E-state index in [1.165, 1.54) is 24.3 Å². The summed E-state index contributed by atoms with van der Waals surface area (Å²) in [7, 11) is 0.